The first kappa shape index (κ1) is 17.0. The van der Waals surface area contributed by atoms with Crippen LogP contribution in [0, 0.1) is 6.92 Å². The summed E-state index contributed by atoms with van der Waals surface area (Å²) in [7, 11) is 1.67. The van der Waals surface area contributed by atoms with Gasteiger partial charge in [0, 0.05) is 38.0 Å². The molecule has 24 heavy (non-hydrogen) atoms. The zero-order chi connectivity index (χ0) is 17.6. The van der Waals surface area contributed by atoms with Crippen LogP contribution < -0.4 is 5.43 Å². The molecular weight excluding hydrogens is 310 g/mol. The van der Waals surface area contributed by atoms with Gasteiger partial charge in [0.1, 0.15) is 5.66 Å². The van der Waals surface area contributed by atoms with Crippen molar-refractivity contribution < 1.29 is 14.6 Å². The van der Waals surface area contributed by atoms with Crippen molar-refractivity contribution in [3.05, 3.63) is 27.7 Å². The highest BCUT2D eigenvalue weighted by atomic mass is 16.5. The Balaban J connectivity index is 2.12. The number of amides is 1. The van der Waals surface area contributed by atoms with Crippen LogP contribution >= 0.6 is 0 Å². The molecule has 0 unspecified atom stereocenters. The Morgan fingerprint density at radius 2 is 2.12 bits per heavy atom. The number of aromatic nitrogens is 1. The van der Waals surface area contributed by atoms with Crippen molar-refractivity contribution in [1.29, 1.82) is 0 Å². The monoisotopic (exact) mass is 335 g/mol. The lowest BCUT2D eigenvalue weighted by atomic mass is 9.94. The molecule has 0 radical (unpaired) electrons. The van der Waals surface area contributed by atoms with Crippen LogP contribution in [0.1, 0.15) is 36.3 Å². The average Bonchev–Trinajstić information content (AvgIpc) is 2.51. The third-order valence-corrected chi connectivity index (χ3v) is 5.35. The van der Waals surface area contributed by atoms with E-state index in [9.17, 15) is 14.7 Å². The van der Waals surface area contributed by atoms with Crippen molar-refractivity contribution in [3.8, 4) is 5.75 Å². The number of rotatable bonds is 3. The van der Waals surface area contributed by atoms with Gasteiger partial charge in [-0.3, -0.25) is 14.5 Å². The molecule has 0 spiro atoms. The van der Waals surface area contributed by atoms with E-state index in [1.54, 1.807) is 24.8 Å². The number of fused-ring (bicyclic) bond motifs is 2. The van der Waals surface area contributed by atoms with Crippen LogP contribution in [0.15, 0.2) is 11.0 Å². The van der Waals surface area contributed by atoms with Crippen molar-refractivity contribution in [3.63, 3.8) is 0 Å². The van der Waals surface area contributed by atoms with Gasteiger partial charge in [-0.2, -0.15) is 0 Å². The highest BCUT2D eigenvalue weighted by Gasteiger charge is 2.50. The van der Waals surface area contributed by atoms with E-state index in [0.29, 0.717) is 18.7 Å². The maximum atomic E-state index is 13.1. The van der Waals surface area contributed by atoms with E-state index in [-0.39, 0.29) is 17.6 Å². The summed E-state index contributed by atoms with van der Waals surface area (Å²) in [4.78, 5) is 29.2. The lowest BCUT2D eigenvalue weighted by Gasteiger charge is -2.57. The largest absolute Gasteiger partial charge is 0.503 e. The van der Waals surface area contributed by atoms with Crippen LogP contribution in [0.5, 0.6) is 5.75 Å². The van der Waals surface area contributed by atoms with Crippen LogP contribution in [0.4, 0.5) is 0 Å². The Kier molecular flexibility index (Phi) is 4.17. The van der Waals surface area contributed by atoms with Crippen molar-refractivity contribution in [2.24, 2.45) is 0 Å². The third-order valence-electron chi connectivity index (χ3n) is 5.35. The highest BCUT2D eigenvalue weighted by Crippen LogP contribution is 2.37. The summed E-state index contributed by atoms with van der Waals surface area (Å²) in [6, 6.07) is 0.0471. The number of aromatic hydroxyl groups is 1. The van der Waals surface area contributed by atoms with Gasteiger partial charge in [0.2, 0.25) is 5.43 Å². The molecule has 1 amide bonds. The molecule has 0 bridgehead atoms. The smallest absolute Gasteiger partial charge is 0.276 e. The van der Waals surface area contributed by atoms with Gasteiger partial charge < -0.3 is 19.3 Å². The second kappa shape index (κ2) is 5.89. The van der Waals surface area contributed by atoms with Crippen molar-refractivity contribution >= 4 is 5.91 Å². The fourth-order valence-corrected chi connectivity index (χ4v) is 4.06. The first-order valence-electron chi connectivity index (χ1n) is 8.32. The normalized spacial score (nSPS) is 27.1. The Labute approximate surface area is 141 Å². The van der Waals surface area contributed by atoms with Gasteiger partial charge in [0.15, 0.2) is 11.4 Å². The average molecular weight is 335 g/mol. The number of carbonyl (C=O) groups is 1. The number of hydrogen-bond donors (Lipinski definition) is 1. The van der Waals surface area contributed by atoms with Crippen LogP contribution in [-0.2, 0) is 11.3 Å². The molecule has 7 nitrogen and oxygen atoms in total. The molecule has 1 N–H and O–H groups in total. The molecule has 1 aromatic rings. The van der Waals surface area contributed by atoms with Crippen molar-refractivity contribution in [1.82, 2.24) is 14.4 Å². The summed E-state index contributed by atoms with van der Waals surface area (Å²) < 4.78 is 6.94. The summed E-state index contributed by atoms with van der Waals surface area (Å²) in [5, 5.41) is 10.2. The Hall–Kier alpha value is -1.86. The fourth-order valence-electron chi connectivity index (χ4n) is 4.06. The summed E-state index contributed by atoms with van der Waals surface area (Å²) in [6.07, 6.45) is 2.52. The van der Waals surface area contributed by atoms with Crippen LogP contribution in [0.2, 0.25) is 0 Å². The molecule has 2 aliphatic rings. The number of methoxy groups -OCH3 is 1. The second-order valence-corrected chi connectivity index (χ2v) is 6.98. The third kappa shape index (κ3) is 2.34. The first-order valence-corrected chi connectivity index (χ1v) is 8.32. The topological polar surface area (TPSA) is 75.0 Å². The van der Waals surface area contributed by atoms with E-state index >= 15 is 0 Å². The molecule has 2 atom stereocenters. The molecule has 3 heterocycles. The second-order valence-electron chi connectivity index (χ2n) is 6.98. The number of hydrogen-bond acceptors (Lipinski definition) is 5. The molecule has 1 aromatic heterocycles. The van der Waals surface area contributed by atoms with Gasteiger partial charge in [-0.25, -0.2) is 0 Å². The molecule has 2 aliphatic heterocycles. The maximum Gasteiger partial charge on any atom is 0.276 e. The zero-order valence-electron chi connectivity index (χ0n) is 14.7. The number of ether oxygens (including phenoxy) is 1. The van der Waals surface area contributed by atoms with Crippen LogP contribution in [0.25, 0.3) is 0 Å². The van der Waals surface area contributed by atoms with E-state index in [4.69, 9.17) is 4.74 Å². The van der Waals surface area contributed by atoms with E-state index in [2.05, 4.69) is 4.90 Å². The van der Waals surface area contributed by atoms with Gasteiger partial charge in [-0.1, -0.05) is 0 Å². The molecule has 0 aliphatic carbocycles. The minimum absolute atomic E-state index is 0.0471. The number of carbonyl (C=O) groups excluding carboxylic acids is 1. The minimum Gasteiger partial charge on any atom is -0.503 e. The number of pyridine rings is 1. The quantitative estimate of drug-likeness (QED) is 0.883. The van der Waals surface area contributed by atoms with Gasteiger partial charge >= 0.3 is 0 Å². The van der Waals surface area contributed by atoms with E-state index in [0.717, 1.165) is 19.5 Å². The molecule has 7 heteroatoms. The summed E-state index contributed by atoms with van der Waals surface area (Å²) in [5.74, 6) is -0.726. The lowest BCUT2D eigenvalue weighted by molar-refractivity contribution is -0.104. The van der Waals surface area contributed by atoms with Gasteiger partial charge in [0.05, 0.1) is 13.2 Å². The Bertz CT molecular complexity index is 727. The summed E-state index contributed by atoms with van der Waals surface area (Å²) >= 11 is 0. The molecule has 0 saturated carbocycles. The van der Waals surface area contributed by atoms with E-state index < -0.39 is 16.8 Å². The molecule has 1 saturated heterocycles. The maximum absolute atomic E-state index is 13.1. The number of aryl methyl sites for hydroxylation is 1. The predicted octanol–water partition coefficient (Wildman–Crippen LogP) is 0.775. The predicted molar refractivity (Wildman–Crippen MR) is 89.2 cm³/mol. The summed E-state index contributed by atoms with van der Waals surface area (Å²) in [6.45, 7) is 8.42. The van der Waals surface area contributed by atoms with Gasteiger partial charge in [-0.15, -0.1) is 0 Å². The summed E-state index contributed by atoms with van der Waals surface area (Å²) in [5.41, 5.74) is -0.440. The molecule has 132 valence electrons. The molecular formula is C17H25N3O4. The Morgan fingerprint density at radius 1 is 1.42 bits per heavy atom. The zero-order valence-corrected chi connectivity index (χ0v) is 14.7. The Morgan fingerprint density at radius 3 is 2.79 bits per heavy atom. The molecule has 1 fully saturated rings. The molecule has 3 rings (SSSR count). The van der Waals surface area contributed by atoms with Gasteiger partial charge in [0.25, 0.3) is 5.91 Å². The lowest BCUT2D eigenvalue weighted by Crippen LogP contribution is -2.71. The van der Waals surface area contributed by atoms with Gasteiger partial charge in [-0.05, 0) is 27.2 Å². The standard InChI is InChI=1S/C17H25N3O4/c1-11-9-18-10-17(3)19(7-8-24-4)6-5-12(2)20(17)16(23)13(18)15(22)14(11)21/h9,12,22H,5-8,10H2,1-4H3/t12-,17-/m0/s1. The van der Waals surface area contributed by atoms with Crippen molar-refractivity contribution in [2.45, 2.75) is 45.4 Å². The number of nitrogens with zero attached hydrogens (tertiary/aromatic N) is 3. The SMILES string of the molecule is COCCN1CC[C@H](C)N2C(=O)c3c(O)c(=O)c(C)cn3C[C@@]12C. The van der Waals surface area contributed by atoms with Crippen LogP contribution in [0.3, 0.4) is 0 Å². The van der Waals surface area contributed by atoms with E-state index in [1.807, 2.05) is 18.7 Å². The molecule has 0 aromatic carbocycles. The first-order chi connectivity index (χ1) is 11.3. The minimum atomic E-state index is -0.506. The fraction of sp³-hybridized carbons (Fsp3) is 0.647. The highest BCUT2D eigenvalue weighted by molar-refractivity contribution is 5.96. The van der Waals surface area contributed by atoms with E-state index in [1.165, 1.54) is 0 Å². The van der Waals surface area contributed by atoms with Crippen molar-refractivity contribution in [2.75, 3.05) is 26.8 Å². The van der Waals surface area contributed by atoms with Crippen LogP contribution in [-0.4, -0.2) is 63.9 Å².